The van der Waals surface area contributed by atoms with Crippen LogP contribution in [0.1, 0.15) is 12.5 Å². The molecule has 0 heterocycles. The Morgan fingerprint density at radius 2 is 0.935 bits per heavy atom. The van der Waals surface area contributed by atoms with E-state index in [0.717, 1.165) is 12.0 Å². The molecule has 0 spiro atoms. The average molecular weight is 447 g/mol. The lowest BCUT2D eigenvalue weighted by Gasteiger charge is -2.18. The predicted octanol–water partition coefficient (Wildman–Crippen LogP) is 5.10. The molecular formula is C27H27O2PS. The summed E-state index contributed by atoms with van der Waals surface area (Å²) in [5.74, 6) is 0. The Labute approximate surface area is 187 Å². The summed E-state index contributed by atoms with van der Waals surface area (Å²) in [4.78, 5) is 0.389. The zero-order valence-corrected chi connectivity index (χ0v) is 19.6. The Hall–Kier alpha value is -2.74. The van der Waals surface area contributed by atoms with Gasteiger partial charge in [0.1, 0.15) is 0 Å². The molecule has 0 aliphatic heterocycles. The monoisotopic (exact) mass is 446 g/mol. The fourth-order valence-corrected chi connectivity index (χ4v) is 6.09. The van der Waals surface area contributed by atoms with Gasteiger partial charge in [0.2, 0.25) is 0 Å². The van der Waals surface area contributed by atoms with Crippen LogP contribution in [0.15, 0.2) is 120 Å². The van der Waals surface area contributed by atoms with Crippen molar-refractivity contribution in [3.8, 4) is 0 Å². The van der Waals surface area contributed by atoms with E-state index in [1.807, 2.05) is 19.1 Å². The molecule has 158 valence electrons. The molecule has 0 saturated carbocycles. The molecule has 31 heavy (non-hydrogen) atoms. The van der Waals surface area contributed by atoms with Gasteiger partial charge in [-0.25, -0.2) is 8.42 Å². The van der Waals surface area contributed by atoms with E-state index >= 15 is 0 Å². The first-order chi connectivity index (χ1) is 15.0. The Morgan fingerprint density at radius 1 is 0.581 bits per heavy atom. The standard InChI is InChI=1S/C18H15P.C9H12O2S/c1-4-10-16(11-5-1)19(17-12-6-2-7-13-17)18-14-8-3-9-15-18;1-3-8-4-6-9(7-5-8)12(2,10)11/h1-15H;4-7H,3H2,1-2H3. The van der Waals surface area contributed by atoms with Crippen molar-refractivity contribution in [2.75, 3.05) is 6.26 Å². The van der Waals surface area contributed by atoms with E-state index in [0.29, 0.717) is 4.90 Å². The van der Waals surface area contributed by atoms with Gasteiger partial charge in [-0.2, -0.15) is 0 Å². The smallest absolute Gasteiger partial charge is 0.175 e. The molecule has 4 aromatic rings. The summed E-state index contributed by atoms with van der Waals surface area (Å²) in [5.41, 5.74) is 1.16. The first-order valence-electron chi connectivity index (χ1n) is 10.2. The van der Waals surface area contributed by atoms with E-state index in [4.69, 9.17) is 0 Å². The van der Waals surface area contributed by atoms with Crippen LogP contribution < -0.4 is 15.9 Å². The first-order valence-corrected chi connectivity index (χ1v) is 13.5. The van der Waals surface area contributed by atoms with Gasteiger partial charge in [0.05, 0.1) is 4.90 Å². The first kappa shape index (κ1) is 22.9. The van der Waals surface area contributed by atoms with Gasteiger partial charge < -0.3 is 0 Å². The lowest BCUT2D eigenvalue weighted by atomic mass is 10.2. The molecule has 0 amide bonds. The molecule has 0 unspecified atom stereocenters. The van der Waals surface area contributed by atoms with Crippen LogP contribution in [0.4, 0.5) is 0 Å². The van der Waals surface area contributed by atoms with Gasteiger partial charge in [-0.15, -0.1) is 0 Å². The summed E-state index contributed by atoms with van der Waals surface area (Å²) in [6.07, 6.45) is 2.15. The molecule has 0 radical (unpaired) electrons. The molecule has 0 N–H and O–H groups in total. The molecule has 0 fully saturated rings. The van der Waals surface area contributed by atoms with Crippen molar-refractivity contribution in [3.05, 3.63) is 121 Å². The molecule has 4 rings (SSSR count). The lowest BCUT2D eigenvalue weighted by molar-refractivity contribution is 0.602. The van der Waals surface area contributed by atoms with E-state index in [-0.39, 0.29) is 0 Å². The van der Waals surface area contributed by atoms with Crippen LogP contribution in [-0.2, 0) is 16.3 Å². The highest BCUT2D eigenvalue weighted by Crippen LogP contribution is 2.32. The Kier molecular flexibility index (Phi) is 8.17. The van der Waals surface area contributed by atoms with Crippen molar-refractivity contribution in [3.63, 3.8) is 0 Å². The van der Waals surface area contributed by atoms with E-state index in [1.54, 1.807) is 12.1 Å². The molecule has 2 nitrogen and oxygen atoms in total. The van der Waals surface area contributed by atoms with Crippen LogP contribution in [0.25, 0.3) is 0 Å². The number of sulfone groups is 1. The molecule has 0 atom stereocenters. The largest absolute Gasteiger partial charge is 0.224 e. The summed E-state index contributed by atoms with van der Waals surface area (Å²) >= 11 is 0. The fourth-order valence-electron chi connectivity index (χ4n) is 3.15. The van der Waals surface area contributed by atoms with Gasteiger partial charge in [-0.3, -0.25) is 0 Å². The summed E-state index contributed by atoms with van der Waals surface area (Å²) in [6, 6.07) is 39.3. The summed E-state index contributed by atoms with van der Waals surface area (Å²) in [6.45, 7) is 2.04. The topological polar surface area (TPSA) is 34.1 Å². The third kappa shape index (κ3) is 6.62. The van der Waals surface area contributed by atoms with Crippen LogP contribution in [0, 0.1) is 0 Å². The number of benzene rings is 4. The van der Waals surface area contributed by atoms with Crippen molar-refractivity contribution >= 4 is 33.7 Å². The SMILES string of the molecule is CCc1ccc(S(C)(=O)=O)cc1.c1ccc(P(c2ccccc2)c2ccccc2)cc1. The van der Waals surface area contributed by atoms with E-state index < -0.39 is 17.8 Å². The van der Waals surface area contributed by atoms with Crippen molar-refractivity contribution in [2.45, 2.75) is 18.2 Å². The predicted molar refractivity (Wildman–Crippen MR) is 134 cm³/mol. The van der Waals surface area contributed by atoms with Crippen LogP contribution in [0.3, 0.4) is 0 Å². The molecular weight excluding hydrogens is 419 g/mol. The minimum atomic E-state index is -3.03. The number of rotatable bonds is 5. The maximum atomic E-state index is 11.0. The van der Waals surface area contributed by atoms with Gasteiger partial charge in [0, 0.05) is 6.26 Å². The van der Waals surface area contributed by atoms with Gasteiger partial charge in [-0.05, 0) is 48.0 Å². The Balaban J connectivity index is 0.000000196. The highest BCUT2D eigenvalue weighted by molar-refractivity contribution is 7.90. The highest BCUT2D eigenvalue weighted by Gasteiger charge is 2.15. The zero-order chi connectivity index (χ0) is 22.1. The minimum Gasteiger partial charge on any atom is -0.224 e. The molecule has 0 aliphatic rings. The number of hydrogen-bond donors (Lipinski definition) is 0. The van der Waals surface area contributed by atoms with E-state index in [2.05, 4.69) is 91.0 Å². The zero-order valence-electron chi connectivity index (χ0n) is 17.8. The number of hydrogen-bond acceptors (Lipinski definition) is 2. The third-order valence-corrected chi connectivity index (χ3v) is 8.38. The molecule has 4 heteroatoms. The summed E-state index contributed by atoms with van der Waals surface area (Å²) in [7, 11) is -3.47. The van der Waals surface area contributed by atoms with Crippen molar-refractivity contribution in [1.29, 1.82) is 0 Å². The van der Waals surface area contributed by atoms with Crippen molar-refractivity contribution in [1.82, 2.24) is 0 Å². The minimum absolute atomic E-state index is 0.389. The molecule has 0 saturated heterocycles. The van der Waals surface area contributed by atoms with Crippen molar-refractivity contribution in [2.24, 2.45) is 0 Å². The highest BCUT2D eigenvalue weighted by atomic mass is 32.2. The second kappa shape index (κ2) is 11.0. The van der Waals surface area contributed by atoms with Gasteiger partial charge in [-0.1, -0.05) is 110 Å². The van der Waals surface area contributed by atoms with Crippen LogP contribution in [-0.4, -0.2) is 14.7 Å². The van der Waals surface area contributed by atoms with E-state index in [1.165, 1.54) is 22.2 Å². The second-order valence-corrected chi connectivity index (χ2v) is 11.3. The van der Waals surface area contributed by atoms with Crippen LogP contribution in [0.2, 0.25) is 0 Å². The Bertz CT molecular complexity index is 1060. The van der Waals surface area contributed by atoms with Gasteiger partial charge in [0.25, 0.3) is 0 Å². The lowest BCUT2D eigenvalue weighted by Crippen LogP contribution is -2.20. The van der Waals surface area contributed by atoms with E-state index in [9.17, 15) is 8.42 Å². The number of aryl methyl sites for hydroxylation is 1. The Morgan fingerprint density at radius 3 is 1.23 bits per heavy atom. The maximum Gasteiger partial charge on any atom is 0.175 e. The van der Waals surface area contributed by atoms with Crippen LogP contribution in [0.5, 0.6) is 0 Å². The molecule has 4 aromatic carbocycles. The summed E-state index contributed by atoms with van der Waals surface area (Å²) < 4.78 is 22.1. The maximum absolute atomic E-state index is 11.0. The average Bonchev–Trinajstić information content (AvgIpc) is 2.81. The quantitative estimate of drug-likeness (QED) is 0.400. The van der Waals surface area contributed by atoms with Gasteiger partial charge >= 0.3 is 0 Å². The van der Waals surface area contributed by atoms with Crippen molar-refractivity contribution < 1.29 is 8.42 Å². The normalized spacial score (nSPS) is 10.9. The fraction of sp³-hybridized carbons (Fsp3) is 0.111. The van der Waals surface area contributed by atoms with Gasteiger partial charge in [0.15, 0.2) is 9.84 Å². The summed E-state index contributed by atoms with van der Waals surface area (Å²) in [5, 5.41) is 4.19. The van der Waals surface area contributed by atoms with Crippen LogP contribution >= 0.6 is 7.92 Å². The molecule has 0 bridgehead atoms. The third-order valence-electron chi connectivity index (χ3n) is 4.80. The second-order valence-electron chi connectivity index (χ2n) is 7.11. The molecule has 0 aliphatic carbocycles. The molecule has 0 aromatic heterocycles.